The third kappa shape index (κ3) is 3.33. The van der Waals surface area contributed by atoms with Gasteiger partial charge in [0.05, 0.1) is 16.3 Å². The first-order chi connectivity index (χ1) is 11.6. The lowest BCUT2D eigenvalue weighted by Crippen LogP contribution is -2.46. The number of nitrogens with two attached hydrogens (primary N) is 1. The fraction of sp³-hybridized carbons (Fsp3) is 0.250. The number of sulfonamides is 1. The van der Waals surface area contributed by atoms with E-state index in [1.54, 1.807) is 24.3 Å². The molecule has 134 valence electrons. The van der Waals surface area contributed by atoms with Crippen molar-refractivity contribution in [3.05, 3.63) is 58.6 Å². The minimum absolute atomic E-state index is 0.0358. The summed E-state index contributed by atoms with van der Waals surface area (Å²) in [6, 6.07) is 8.52. The molecule has 0 radical (unpaired) electrons. The Morgan fingerprint density at radius 2 is 1.84 bits per heavy atom. The molecule has 9 heteroatoms. The summed E-state index contributed by atoms with van der Waals surface area (Å²) >= 11 is 5.91. The normalized spacial score (nSPS) is 18.1. The molecule has 0 aliphatic carbocycles. The molecule has 1 heterocycles. The van der Waals surface area contributed by atoms with Crippen LogP contribution in [-0.4, -0.2) is 21.0 Å². The fourth-order valence-corrected chi connectivity index (χ4v) is 4.87. The van der Waals surface area contributed by atoms with Crippen molar-refractivity contribution < 1.29 is 21.6 Å². The molecule has 1 unspecified atom stereocenters. The standard InChI is InChI=1S/C16H14ClF3N2O2S/c17-13-6-5-11(16(18,19)20)8-15(13)25(23,24)22-9-12(21)7-10-3-1-2-4-14(10)22/h1-6,8,12H,7,9,21H2. The Labute approximate surface area is 148 Å². The Morgan fingerprint density at radius 3 is 2.52 bits per heavy atom. The number of halogens is 4. The molecule has 0 amide bonds. The van der Waals surface area contributed by atoms with Gasteiger partial charge < -0.3 is 5.73 Å². The van der Waals surface area contributed by atoms with Gasteiger partial charge in [0.15, 0.2) is 0 Å². The molecule has 2 N–H and O–H groups in total. The largest absolute Gasteiger partial charge is 0.416 e. The van der Waals surface area contributed by atoms with Gasteiger partial charge in [0, 0.05) is 12.6 Å². The molecule has 4 nitrogen and oxygen atoms in total. The summed E-state index contributed by atoms with van der Waals surface area (Å²) in [6.07, 6.45) is -4.19. The van der Waals surface area contributed by atoms with Gasteiger partial charge in [-0.3, -0.25) is 4.31 Å². The van der Waals surface area contributed by atoms with Gasteiger partial charge in [-0.05, 0) is 36.2 Å². The minimum atomic E-state index is -4.68. The van der Waals surface area contributed by atoms with E-state index in [0.717, 1.165) is 16.4 Å². The van der Waals surface area contributed by atoms with Crippen LogP contribution in [0.3, 0.4) is 0 Å². The van der Waals surface area contributed by atoms with E-state index in [4.69, 9.17) is 17.3 Å². The fourth-order valence-electron chi connectivity index (χ4n) is 2.81. The van der Waals surface area contributed by atoms with E-state index in [1.807, 2.05) is 0 Å². The van der Waals surface area contributed by atoms with E-state index in [-0.39, 0.29) is 11.6 Å². The topological polar surface area (TPSA) is 63.4 Å². The Morgan fingerprint density at radius 1 is 1.16 bits per heavy atom. The van der Waals surface area contributed by atoms with Crippen molar-refractivity contribution in [1.82, 2.24) is 0 Å². The molecule has 0 saturated carbocycles. The minimum Gasteiger partial charge on any atom is -0.326 e. The third-order valence-electron chi connectivity index (χ3n) is 3.97. The molecule has 0 fully saturated rings. The maximum Gasteiger partial charge on any atom is 0.416 e. The maximum absolute atomic E-state index is 13.0. The number of benzene rings is 2. The number of para-hydroxylation sites is 1. The molecule has 25 heavy (non-hydrogen) atoms. The molecule has 0 spiro atoms. The van der Waals surface area contributed by atoms with Crippen LogP contribution in [-0.2, 0) is 22.6 Å². The van der Waals surface area contributed by atoms with Gasteiger partial charge in [0.1, 0.15) is 4.90 Å². The number of rotatable bonds is 2. The lowest BCUT2D eigenvalue weighted by atomic mass is 10.0. The van der Waals surface area contributed by atoms with E-state index in [2.05, 4.69) is 0 Å². The summed E-state index contributed by atoms with van der Waals surface area (Å²) < 4.78 is 65.9. The predicted octanol–water partition coefficient (Wildman–Crippen LogP) is 3.44. The van der Waals surface area contributed by atoms with Gasteiger partial charge >= 0.3 is 6.18 Å². The smallest absolute Gasteiger partial charge is 0.326 e. The van der Waals surface area contributed by atoms with Crippen molar-refractivity contribution in [2.45, 2.75) is 23.5 Å². The molecule has 1 atom stereocenters. The second-order valence-electron chi connectivity index (χ2n) is 5.77. The number of anilines is 1. The van der Waals surface area contributed by atoms with E-state index in [0.29, 0.717) is 23.7 Å². The molecule has 2 aromatic carbocycles. The van der Waals surface area contributed by atoms with E-state index >= 15 is 0 Å². The van der Waals surface area contributed by atoms with Gasteiger partial charge in [-0.15, -0.1) is 0 Å². The summed E-state index contributed by atoms with van der Waals surface area (Å²) in [6.45, 7) is -0.0358. The molecule has 0 aromatic heterocycles. The van der Waals surface area contributed by atoms with Gasteiger partial charge in [-0.2, -0.15) is 13.2 Å². The first-order valence-corrected chi connectivity index (χ1v) is 9.15. The first-order valence-electron chi connectivity index (χ1n) is 7.33. The quantitative estimate of drug-likeness (QED) is 0.854. The zero-order valence-electron chi connectivity index (χ0n) is 12.8. The predicted molar refractivity (Wildman–Crippen MR) is 89.1 cm³/mol. The highest BCUT2D eigenvalue weighted by molar-refractivity contribution is 7.93. The van der Waals surface area contributed by atoms with Crippen molar-refractivity contribution in [2.24, 2.45) is 5.73 Å². The summed E-state index contributed by atoms with van der Waals surface area (Å²) in [7, 11) is -4.30. The molecule has 0 bridgehead atoms. The lowest BCUT2D eigenvalue weighted by molar-refractivity contribution is -0.137. The lowest BCUT2D eigenvalue weighted by Gasteiger charge is -2.34. The van der Waals surface area contributed by atoms with Crippen molar-refractivity contribution >= 4 is 27.3 Å². The number of alkyl halides is 3. The Bertz CT molecular complexity index is 916. The number of nitrogens with zero attached hydrogens (tertiary/aromatic N) is 1. The summed E-state index contributed by atoms with van der Waals surface area (Å²) in [5.41, 5.74) is 5.97. The van der Waals surface area contributed by atoms with Gasteiger partial charge in [-0.25, -0.2) is 8.42 Å². The van der Waals surface area contributed by atoms with Crippen LogP contribution in [0.25, 0.3) is 0 Å². The van der Waals surface area contributed by atoms with Crippen LogP contribution in [0.4, 0.5) is 18.9 Å². The molecular weight excluding hydrogens is 377 g/mol. The van der Waals surface area contributed by atoms with Crippen molar-refractivity contribution in [1.29, 1.82) is 0 Å². The van der Waals surface area contributed by atoms with Crippen LogP contribution in [0.1, 0.15) is 11.1 Å². The SMILES string of the molecule is NC1Cc2ccccc2N(S(=O)(=O)c2cc(C(F)(F)F)ccc2Cl)C1. The Balaban J connectivity index is 2.15. The Kier molecular flexibility index (Phi) is 4.47. The van der Waals surface area contributed by atoms with Crippen LogP contribution >= 0.6 is 11.6 Å². The zero-order valence-corrected chi connectivity index (χ0v) is 14.4. The zero-order chi connectivity index (χ0) is 18.4. The highest BCUT2D eigenvalue weighted by Gasteiger charge is 2.36. The number of fused-ring (bicyclic) bond motifs is 1. The van der Waals surface area contributed by atoms with E-state index in [9.17, 15) is 21.6 Å². The van der Waals surface area contributed by atoms with Crippen molar-refractivity contribution in [3.63, 3.8) is 0 Å². The molecule has 2 aromatic rings. The van der Waals surface area contributed by atoms with Crippen LogP contribution in [0.2, 0.25) is 5.02 Å². The highest BCUT2D eigenvalue weighted by atomic mass is 35.5. The molecule has 1 aliphatic heterocycles. The average Bonchev–Trinajstić information content (AvgIpc) is 2.53. The van der Waals surface area contributed by atoms with Crippen molar-refractivity contribution in [2.75, 3.05) is 10.8 Å². The van der Waals surface area contributed by atoms with Crippen LogP contribution in [0, 0.1) is 0 Å². The monoisotopic (exact) mass is 390 g/mol. The molecule has 0 saturated heterocycles. The van der Waals surface area contributed by atoms with Crippen LogP contribution in [0.15, 0.2) is 47.4 Å². The third-order valence-corrected chi connectivity index (χ3v) is 6.23. The van der Waals surface area contributed by atoms with Crippen LogP contribution < -0.4 is 10.0 Å². The van der Waals surface area contributed by atoms with Crippen molar-refractivity contribution in [3.8, 4) is 0 Å². The average molecular weight is 391 g/mol. The maximum atomic E-state index is 13.0. The highest BCUT2D eigenvalue weighted by Crippen LogP contribution is 2.37. The second-order valence-corrected chi connectivity index (χ2v) is 8.01. The molecule has 3 rings (SSSR count). The summed E-state index contributed by atoms with van der Waals surface area (Å²) in [4.78, 5) is -0.590. The molecule has 1 aliphatic rings. The summed E-state index contributed by atoms with van der Waals surface area (Å²) in [5.74, 6) is 0. The summed E-state index contributed by atoms with van der Waals surface area (Å²) in [5, 5.41) is -0.273. The van der Waals surface area contributed by atoms with E-state index < -0.39 is 32.7 Å². The first kappa shape index (κ1) is 18.0. The van der Waals surface area contributed by atoms with Gasteiger partial charge in [0.2, 0.25) is 0 Å². The molecular formula is C16H14ClF3N2O2S. The van der Waals surface area contributed by atoms with Gasteiger partial charge in [0.25, 0.3) is 10.0 Å². The van der Waals surface area contributed by atoms with Crippen LogP contribution in [0.5, 0.6) is 0 Å². The number of hydrogen-bond acceptors (Lipinski definition) is 3. The van der Waals surface area contributed by atoms with E-state index in [1.165, 1.54) is 0 Å². The number of hydrogen-bond donors (Lipinski definition) is 1. The second kappa shape index (κ2) is 6.19. The van der Waals surface area contributed by atoms with Gasteiger partial charge in [-0.1, -0.05) is 29.8 Å². The Hall–Kier alpha value is -1.77.